The topological polar surface area (TPSA) is 32.3 Å². The smallest absolute Gasteiger partial charge is 0.0925 e. The Morgan fingerprint density at radius 1 is 1.73 bits per heavy atom. The van der Waals surface area contributed by atoms with Crippen molar-refractivity contribution in [1.82, 2.24) is 5.32 Å². The largest absolute Gasteiger partial charge is 0.387 e. The summed E-state index contributed by atoms with van der Waals surface area (Å²) in [6.45, 7) is 2.81. The second-order valence-corrected chi connectivity index (χ2v) is 3.83. The van der Waals surface area contributed by atoms with Gasteiger partial charge in [-0.2, -0.15) is 0 Å². The van der Waals surface area contributed by atoms with Crippen LogP contribution in [-0.4, -0.2) is 11.7 Å². The van der Waals surface area contributed by atoms with Crippen molar-refractivity contribution in [2.24, 2.45) is 0 Å². The van der Waals surface area contributed by atoms with E-state index < -0.39 is 0 Å². The molecule has 0 aromatic carbocycles. The van der Waals surface area contributed by atoms with Crippen molar-refractivity contribution >= 4 is 11.3 Å². The molecule has 2 heterocycles. The van der Waals surface area contributed by atoms with E-state index in [1.807, 2.05) is 11.4 Å². The lowest BCUT2D eigenvalue weighted by molar-refractivity contribution is 0.160. The van der Waals surface area contributed by atoms with Gasteiger partial charge in [-0.1, -0.05) is 0 Å². The average Bonchev–Trinajstić information content (AvgIpc) is 2.45. The van der Waals surface area contributed by atoms with Crippen LogP contribution in [0.4, 0.5) is 0 Å². The summed E-state index contributed by atoms with van der Waals surface area (Å²) in [5, 5.41) is 14.8. The summed E-state index contributed by atoms with van der Waals surface area (Å²) in [6, 6.07) is 2.43. The predicted molar refractivity (Wildman–Crippen MR) is 45.7 cm³/mol. The van der Waals surface area contributed by atoms with Gasteiger partial charge in [0.2, 0.25) is 0 Å². The molecule has 0 fully saturated rings. The van der Waals surface area contributed by atoms with Gasteiger partial charge >= 0.3 is 0 Å². The zero-order chi connectivity index (χ0) is 7.84. The fraction of sp³-hybridized carbons (Fsp3) is 0.500. The zero-order valence-electron chi connectivity index (χ0n) is 6.37. The molecule has 60 valence electrons. The molecule has 1 aliphatic rings. The van der Waals surface area contributed by atoms with Gasteiger partial charge in [-0.05, 0) is 23.9 Å². The van der Waals surface area contributed by atoms with Crippen molar-refractivity contribution in [2.75, 3.05) is 6.54 Å². The van der Waals surface area contributed by atoms with Crippen molar-refractivity contribution in [3.63, 3.8) is 0 Å². The van der Waals surface area contributed by atoms with Crippen LogP contribution in [0.2, 0.25) is 0 Å². The molecule has 0 amide bonds. The van der Waals surface area contributed by atoms with Crippen molar-refractivity contribution < 1.29 is 5.11 Å². The minimum Gasteiger partial charge on any atom is -0.387 e. The monoisotopic (exact) mass is 169 g/mol. The van der Waals surface area contributed by atoms with E-state index in [-0.39, 0.29) is 6.10 Å². The molecule has 2 rings (SSSR count). The Kier molecular flexibility index (Phi) is 1.71. The van der Waals surface area contributed by atoms with Gasteiger partial charge in [0.25, 0.3) is 0 Å². The highest BCUT2D eigenvalue weighted by molar-refractivity contribution is 7.10. The molecule has 0 spiro atoms. The predicted octanol–water partition coefficient (Wildman–Crippen LogP) is 1.45. The fourth-order valence-electron chi connectivity index (χ4n) is 1.45. The highest BCUT2D eigenvalue weighted by Crippen LogP contribution is 2.32. The molecule has 2 unspecified atom stereocenters. The molecular formula is C8H11NOS. The normalized spacial score (nSPS) is 30.0. The number of hydrogen-bond donors (Lipinski definition) is 2. The molecule has 11 heavy (non-hydrogen) atoms. The molecule has 0 saturated carbocycles. The molecule has 1 aromatic heterocycles. The van der Waals surface area contributed by atoms with E-state index in [9.17, 15) is 5.11 Å². The maximum Gasteiger partial charge on any atom is 0.0925 e. The first-order chi connectivity index (χ1) is 5.29. The maximum atomic E-state index is 9.51. The van der Waals surface area contributed by atoms with E-state index in [4.69, 9.17) is 0 Å². The molecule has 1 aliphatic heterocycles. The Morgan fingerprint density at radius 3 is 3.27 bits per heavy atom. The SMILES string of the molecule is CC1NCC(O)c2ccsc21. The van der Waals surface area contributed by atoms with Crippen LogP contribution in [0.15, 0.2) is 11.4 Å². The van der Waals surface area contributed by atoms with Crippen molar-refractivity contribution in [1.29, 1.82) is 0 Å². The van der Waals surface area contributed by atoms with Crippen LogP contribution >= 0.6 is 11.3 Å². The molecule has 2 nitrogen and oxygen atoms in total. The molecule has 2 atom stereocenters. The van der Waals surface area contributed by atoms with Crippen LogP contribution in [0.1, 0.15) is 29.5 Å². The number of nitrogens with one attached hydrogen (secondary N) is 1. The van der Waals surface area contributed by atoms with Gasteiger partial charge in [-0.15, -0.1) is 11.3 Å². The number of rotatable bonds is 0. The molecule has 0 saturated heterocycles. The van der Waals surface area contributed by atoms with E-state index in [1.165, 1.54) is 4.88 Å². The van der Waals surface area contributed by atoms with E-state index in [0.29, 0.717) is 12.6 Å². The van der Waals surface area contributed by atoms with E-state index >= 15 is 0 Å². The summed E-state index contributed by atoms with van der Waals surface area (Å²) in [5.41, 5.74) is 1.11. The molecule has 0 radical (unpaired) electrons. The minimum atomic E-state index is -0.299. The van der Waals surface area contributed by atoms with Gasteiger partial charge < -0.3 is 10.4 Å². The first kappa shape index (κ1) is 7.28. The Balaban J connectivity index is 2.43. The number of aliphatic hydroxyl groups is 1. The maximum absolute atomic E-state index is 9.51. The molecule has 1 aromatic rings. The number of aliphatic hydroxyl groups excluding tert-OH is 1. The number of β-amino-alcohol motifs (C(OH)–C–C–N with tert-alkyl or cyclic N) is 1. The summed E-state index contributed by atoms with van der Waals surface area (Å²) in [4.78, 5) is 1.28. The molecular weight excluding hydrogens is 158 g/mol. The first-order valence-corrected chi connectivity index (χ1v) is 4.65. The summed E-state index contributed by atoms with van der Waals surface area (Å²) in [6.07, 6.45) is -0.299. The van der Waals surface area contributed by atoms with E-state index in [2.05, 4.69) is 12.2 Å². The van der Waals surface area contributed by atoms with Gasteiger partial charge in [-0.25, -0.2) is 0 Å². The second-order valence-electron chi connectivity index (χ2n) is 2.89. The van der Waals surface area contributed by atoms with E-state index in [0.717, 1.165) is 5.56 Å². The fourth-order valence-corrected chi connectivity index (χ4v) is 2.44. The molecule has 2 N–H and O–H groups in total. The molecule has 0 aliphatic carbocycles. The van der Waals surface area contributed by atoms with Crippen LogP contribution in [0.25, 0.3) is 0 Å². The van der Waals surface area contributed by atoms with Crippen LogP contribution in [0, 0.1) is 0 Å². The molecule has 0 bridgehead atoms. The number of fused-ring (bicyclic) bond motifs is 1. The third kappa shape index (κ3) is 1.09. The van der Waals surface area contributed by atoms with Crippen LogP contribution in [0.3, 0.4) is 0 Å². The third-order valence-electron chi connectivity index (χ3n) is 2.10. The van der Waals surface area contributed by atoms with Crippen LogP contribution in [-0.2, 0) is 0 Å². The Bertz CT molecular complexity index is 234. The zero-order valence-corrected chi connectivity index (χ0v) is 7.19. The van der Waals surface area contributed by atoms with Crippen molar-refractivity contribution in [3.05, 3.63) is 21.9 Å². The standard InChI is InChI=1S/C8H11NOS/c1-5-8-6(2-3-11-8)7(10)4-9-5/h2-3,5,7,9-10H,4H2,1H3. The Morgan fingerprint density at radius 2 is 2.55 bits per heavy atom. The summed E-state index contributed by atoms with van der Waals surface area (Å²) < 4.78 is 0. The lowest BCUT2D eigenvalue weighted by Gasteiger charge is -2.24. The van der Waals surface area contributed by atoms with Gasteiger partial charge in [0.1, 0.15) is 0 Å². The highest BCUT2D eigenvalue weighted by atomic mass is 32.1. The van der Waals surface area contributed by atoms with Gasteiger partial charge in [0.15, 0.2) is 0 Å². The van der Waals surface area contributed by atoms with Crippen molar-refractivity contribution in [2.45, 2.75) is 19.1 Å². The van der Waals surface area contributed by atoms with E-state index in [1.54, 1.807) is 11.3 Å². The number of hydrogen-bond acceptors (Lipinski definition) is 3. The minimum absolute atomic E-state index is 0.299. The van der Waals surface area contributed by atoms with Crippen LogP contribution in [0.5, 0.6) is 0 Å². The van der Waals surface area contributed by atoms with Gasteiger partial charge in [0.05, 0.1) is 6.10 Å². The quantitative estimate of drug-likeness (QED) is 0.616. The second kappa shape index (κ2) is 2.59. The highest BCUT2D eigenvalue weighted by Gasteiger charge is 2.22. The lowest BCUT2D eigenvalue weighted by atomic mass is 10.0. The summed E-state index contributed by atoms with van der Waals surface area (Å²) in [5.74, 6) is 0. The Labute approximate surface area is 69.9 Å². The number of thiophene rings is 1. The summed E-state index contributed by atoms with van der Waals surface area (Å²) in [7, 11) is 0. The summed E-state index contributed by atoms with van der Waals surface area (Å²) >= 11 is 1.71. The lowest BCUT2D eigenvalue weighted by Crippen LogP contribution is -2.29. The third-order valence-corrected chi connectivity index (χ3v) is 3.21. The first-order valence-electron chi connectivity index (χ1n) is 3.78. The van der Waals surface area contributed by atoms with Crippen molar-refractivity contribution in [3.8, 4) is 0 Å². The Hall–Kier alpha value is -0.380. The van der Waals surface area contributed by atoms with Gasteiger partial charge in [0, 0.05) is 17.5 Å². The van der Waals surface area contributed by atoms with Gasteiger partial charge in [-0.3, -0.25) is 0 Å². The average molecular weight is 169 g/mol. The molecule has 3 heteroatoms. The van der Waals surface area contributed by atoms with Crippen LogP contribution < -0.4 is 5.32 Å².